The molecule has 0 spiro atoms. The maximum absolute atomic E-state index is 11.7. The van der Waals surface area contributed by atoms with E-state index >= 15 is 0 Å². The van der Waals surface area contributed by atoms with Crippen molar-refractivity contribution in [1.82, 2.24) is 10.6 Å². The fourth-order valence-corrected chi connectivity index (χ4v) is 2.82. The molecule has 1 aliphatic carbocycles. The normalized spacial score (nSPS) is 29.2. The standard InChI is InChI=1S/C15H22N2O3/c1-3-16-15(20)17-13-11(8-12(18)14(13)19)10-6-4-5-9(2)7-10/h4-7,11-14,18-19H,3,8H2,1-2H3,(H2,16,17,20)/t11-,12-,13-,14-/m1/s1. The predicted molar refractivity (Wildman–Crippen MR) is 76.5 cm³/mol. The van der Waals surface area contributed by atoms with Crippen molar-refractivity contribution in [3.05, 3.63) is 35.4 Å². The zero-order valence-electron chi connectivity index (χ0n) is 11.8. The Morgan fingerprint density at radius 2 is 2.15 bits per heavy atom. The third-order valence-electron chi connectivity index (χ3n) is 3.80. The third kappa shape index (κ3) is 3.11. The largest absolute Gasteiger partial charge is 0.390 e. The Bertz CT molecular complexity index is 478. The van der Waals surface area contributed by atoms with E-state index in [1.807, 2.05) is 38.1 Å². The van der Waals surface area contributed by atoms with Crippen molar-refractivity contribution in [2.45, 2.75) is 44.4 Å². The smallest absolute Gasteiger partial charge is 0.315 e. The lowest BCUT2D eigenvalue weighted by molar-refractivity contribution is 0.0319. The Hall–Kier alpha value is -1.59. The van der Waals surface area contributed by atoms with E-state index < -0.39 is 18.2 Å². The first-order chi connectivity index (χ1) is 9.52. The SMILES string of the molecule is CCNC(=O)N[C@H]1[C@H](O)[C@H](O)C[C@@H]1c1cccc(C)c1. The highest BCUT2D eigenvalue weighted by Crippen LogP contribution is 2.35. The Morgan fingerprint density at radius 3 is 2.80 bits per heavy atom. The van der Waals surface area contributed by atoms with Crippen LogP contribution in [0.1, 0.15) is 30.4 Å². The van der Waals surface area contributed by atoms with Gasteiger partial charge in [0.15, 0.2) is 0 Å². The molecule has 5 nitrogen and oxygen atoms in total. The average molecular weight is 278 g/mol. The molecule has 0 bridgehead atoms. The number of aliphatic hydroxyl groups excluding tert-OH is 2. The van der Waals surface area contributed by atoms with Gasteiger partial charge in [-0.3, -0.25) is 0 Å². The van der Waals surface area contributed by atoms with Gasteiger partial charge in [-0.1, -0.05) is 29.8 Å². The maximum Gasteiger partial charge on any atom is 0.315 e. The molecule has 0 heterocycles. The fraction of sp³-hybridized carbons (Fsp3) is 0.533. The van der Waals surface area contributed by atoms with Crippen LogP contribution in [0.2, 0.25) is 0 Å². The van der Waals surface area contributed by atoms with Gasteiger partial charge in [0.05, 0.1) is 12.1 Å². The summed E-state index contributed by atoms with van der Waals surface area (Å²) in [5.41, 5.74) is 2.15. The molecule has 2 rings (SSSR count). The molecule has 1 fully saturated rings. The summed E-state index contributed by atoms with van der Waals surface area (Å²) in [6.45, 7) is 4.35. The molecule has 4 atom stereocenters. The van der Waals surface area contributed by atoms with E-state index in [0.29, 0.717) is 13.0 Å². The summed E-state index contributed by atoms with van der Waals surface area (Å²) in [7, 11) is 0. The van der Waals surface area contributed by atoms with E-state index in [4.69, 9.17) is 0 Å². The quantitative estimate of drug-likeness (QED) is 0.663. The minimum absolute atomic E-state index is 0.0810. The van der Waals surface area contributed by atoms with E-state index in [1.54, 1.807) is 0 Å². The highest BCUT2D eigenvalue weighted by molar-refractivity contribution is 5.74. The van der Waals surface area contributed by atoms with Crippen molar-refractivity contribution in [3.63, 3.8) is 0 Å². The minimum atomic E-state index is -0.942. The van der Waals surface area contributed by atoms with Gasteiger partial charge in [-0.25, -0.2) is 4.79 Å². The van der Waals surface area contributed by atoms with Crippen LogP contribution in [0, 0.1) is 6.92 Å². The van der Waals surface area contributed by atoms with Crippen LogP contribution >= 0.6 is 0 Å². The monoisotopic (exact) mass is 278 g/mol. The Labute approximate surface area is 119 Å². The lowest BCUT2D eigenvalue weighted by Gasteiger charge is -2.24. The molecule has 0 unspecified atom stereocenters. The highest BCUT2D eigenvalue weighted by atomic mass is 16.3. The van der Waals surface area contributed by atoms with Gasteiger partial charge in [0, 0.05) is 12.5 Å². The predicted octanol–water partition coefficient (Wildman–Crippen LogP) is 0.892. The molecule has 5 heteroatoms. The van der Waals surface area contributed by atoms with Crippen molar-refractivity contribution in [2.24, 2.45) is 0 Å². The number of rotatable bonds is 3. The highest BCUT2D eigenvalue weighted by Gasteiger charge is 2.43. The molecule has 0 aromatic heterocycles. The van der Waals surface area contributed by atoms with Gasteiger partial charge in [0.1, 0.15) is 6.10 Å². The first kappa shape index (κ1) is 14.8. The molecule has 110 valence electrons. The van der Waals surface area contributed by atoms with Gasteiger partial charge in [0.25, 0.3) is 0 Å². The first-order valence-electron chi connectivity index (χ1n) is 7.00. The van der Waals surface area contributed by atoms with Gasteiger partial charge < -0.3 is 20.8 Å². The summed E-state index contributed by atoms with van der Waals surface area (Å²) in [5.74, 6) is -0.0810. The number of nitrogens with one attached hydrogen (secondary N) is 2. The van der Waals surface area contributed by atoms with Crippen LogP contribution in [0.25, 0.3) is 0 Å². The van der Waals surface area contributed by atoms with Gasteiger partial charge in [0.2, 0.25) is 0 Å². The van der Waals surface area contributed by atoms with Crippen LogP contribution in [0.4, 0.5) is 4.79 Å². The second-order valence-corrected chi connectivity index (χ2v) is 5.34. The number of hydrogen-bond acceptors (Lipinski definition) is 3. The molecule has 20 heavy (non-hydrogen) atoms. The molecule has 1 aromatic carbocycles. The van der Waals surface area contributed by atoms with Crippen LogP contribution in [0.15, 0.2) is 24.3 Å². The molecule has 4 N–H and O–H groups in total. The van der Waals surface area contributed by atoms with Crippen molar-refractivity contribution in [3.8, 4) is 0 Å². The van der Waals surface area contributed by atoms with E-state index in [2.05, 4.69) is 10.6 Å². The van der Waals surface area contributed by atoms with Gasteiger partial charge in [-0.15, -0.1) is 0 Å². The van der Waals surface area contributed by atoms with Gasteiger partial charge in [-0.2, -0.15) is 0 Å². The van der Waals surface area contributed by atoms with Crippen LogP contribution in [0.3, 0.4) is 0 Å². The fourth-order valence-electron chi connectivity index (χ4n) is 2.82. The summed E-state index contributed by atoms with van der Waals surface area (Å²) >= 11 is 0. The molecular formula is C15H22N2O3. The molecular weight excluding hydrogens is 256 g/mol. The van der Waals surface area contributed by atoms with Crippen LogP contribution in [0.5, 0.6) is 0 Å². The molecule has 1 aliphatic rings. The Balaban J connectivity index is 2.19. The summed E-state index contributed by atoms with van der Waals surface area (Å²) in [4.78, 5) is 11.7. The molecule has 0 radical (unpaired) electrons. The van der Waals surface area contributed by atoms with Gasteiger partial charge in [-0.05, 0) is 25.8 Å². The Morgan fingerprint density at radius 1 is 1.40 bits per heavy atom. The number of urea groups is 1. The zero-order chi connectivity index (χ0) is 14.7. The second kappa shape index (κ2) is 6.24. The van der Waals surface area contributed by atoms with E-state index in [0.717, 1.165) is 11.1 Å². The van der Waals surface area contributed by atoms with Crippen molar-refractivity contribution in [2.75, 3.05) is 6.54 Å². The first-order valence-corrected chi connectivity index (χ1v) is 7.00. The number of aliphatic hydroxyl groups is 2. The number of hydrogen-bond donors (Lipinski definition) is 4. The summed E-state index contributed by atoms with van der Waals surface area (Å²) < 4.78 is 0. The topological polar surface area (TPSA) is 81.6 Å². The number of carbonyl (C=O) groups excluding carboxylic acids is 1. The van der Waals surface area contributed by atoms with Crippen molar-refractivity contribution < 1.29 is 15.0 Å². The molecule has 0 saturated heterocycles. The van der Waals surface area contributed by atoms with Crippen LogP contribution in [-0.2, 0) is 0 Å². The third-order valence-corrected chi connectivity index (χ3v) is 3.80. The van der Waals surface area contributed by atoms with Gasteiger partial charge >= 0.3 is 6.03 Å². The van der Waals surface area contributed by atoms with E-state index in [-0.39, 0.29) is 11.9 Å². The zero-order valence-corrected chi connectivity index (χ0v) is 11.8. The molecule has 0 aliphatic heterocycles. The molecule has 1 aromatic rings. The van der Waals surface area contributed by atoms with E-state index in [1.165, 1.54) is 0 Å². The second-order valence-electron chi connectivity index (χ2n) is 5.34. The number of carbonyl (C=O) groups is 1. The van der Waals surface area contributed by atoms with Crippen molar-refractivity contribution in [1.29, 1.82) is 0 Å². The lowest BCUT2D eigenvalue weighted by atomic mass is 9.92. The minimum Gasteiger partial charge on any atom is -0.390 e. The maximum atomic E-state index is 11.7. The Kier molecular flexibility index (Phi) is 4.62. The summed E-state index contributed by atoms with van der Waals surface area (Å²) in [6.07, 6.45) is -1.31. The van der Waals surface area contributed by atoms with Crippen LogP contribution < -0.4 is 10.6 Å². The molecule has 1 saturated carbocycles. The number of amides is 2. The summed E-state index contributed by atoms with van der Waals surface area (Å²) in [5, 5.41) is 25.4. The van der Waals surface area contributed by atoms with E-state index in [9.17, 15) is 15.0 Å². The number of aryl methyl sites for hydroxylation is 1. The summed E-state index contributed by atoms with van der Waals surface area (Å²) in [6, 6.07) is 7.15. The number of benzene rings is 1. The average Bonchev–Trinajstić information content (AvgIpc) is 2.67. The lowest BCUT2D eigenvalue weighted by Crippen LogP contribution is -2.49. The van der Waals surface area contributed by atoms with Crippen molar-refractivity contribution >= 4 is 6.03 Å². The van der Waals surface area contributed by atoms with Crippen LogP contribution in [-0.4, -0.2) is 41.0 Å². The molecule has 2 amide bonds.